The zero-order valence-corrected chi connectivity index (χ0v) is 11.6. The maximum absolute atomic E-state index is 11.8. The smallest absolute Gasteiger partial charge is 0.237 e. The van der Waals surface area contributed by atoms with Crippen LogP contribution in [0.1, 0.15) is 27.7 Å². The maximum Gasteiger partial charge on any atom is 0.237 e. The number of carbonyl (C=O) groups is 1. The highest BCUT2D eigenvalue weighted by atomic mass is 32.1. The van der Waals surface area contributed by atoms with Crippen LogP contribution in [0.25, 0.3) is 0 Å². The number of carbonyl (C=O) groups excluding carboxylic acids is 1. The molecule has 0 saturated heterocycles. The quantitative estimate of drug-likeness (QED) is 0.678. The molecule has 0 spiro atoms. The summed E-state index contributed by atoms with van der Waals surface area (Å²) < 4.78 is 0. The van der Waals surface area contributed by atoms with Crippen molar-refractivity contribution in [2.75, 3.05) is 13.6 Å². The van der Waals surface area contributed by atoms with Gasteiger partial charge in [-0.15, -0.1) is 0 Å². The Kier molecular flexibility index (Phi) is 6.52. The van der Waals surface area contributed by atoms with E-state index in [9.17, 15) is 4.79 Å². The minimum Gasteiger partial charge on any atom is -0.392 e. The van der Waals surface area contributed by atoms with Crippen molar-refractivity contribution in [1.82, 2.24) is 10.2 Å². The molecule has 5 heteroatoms. The van der Waals surface area contributed by atoms with Crippen LogP contribution in [0.2, 0.25) is 0 Å². The zero-order valence-electron chi connectivity index (χ0n) is 10.8. The molecule has 16 heavy (non-hydrogen) atoms. The lowest BCUT2D eigenvalue weighted by atomic mass is 10.2. The molecule has 0 rings (SSSR count). The third-order valence-corrected chi connectivity index (χ3v) is 3.04. The molecule has 0 aliphatic rings. The van der Waals surface area contributed by atoms with Gasteiger partial charge in [-0.25, -0.2) is 0 Å². The van der Waals surface area contributed by atoms with Gasteiger partial charge in [0.1, 0.15) is 0 Å². The molecule has 0 aromatic rings. The first-order valence-corrected chi connectivity index (χ1v) is 5.97. The van der Waals surface area contributed by atoms with Gasteiger partial charge in [0.15, 0.2) is 0 Å². The van der Waals surface area contributed by atoms with Gasteiger partial charge in [0.2, 0.25) is 5.91 Å². The molecule has 2 atom stereocenters. The van der Waals surface area contributed by atoms with Gasteiger partial charge in [0.05, 0.1) is 17.1 Å². The Morgan fingerprint density at radius 3 is 2.19 bits per heavy atom. The molecule has 0 radical (unpaired) electrons. The fraction of sp³-hybridized carbons (Fsp3) is 0.818. The number of thiocarbonyl (C=S) groups is 1. The molecule has 0 saturated carbocycles. The van der Waals surface area contributed by atoms with Crippen LogP contribution in [0.4, 0.5) is 0 Å². The van der Waals surface area contributed by atoms with E-state index in [1.54, 1.807) is 0 Å². The third kappa shape index (κ3) is 4.90. The van der Waals surface area contributed by atoms with Crippen molar-refractivity contribution in [2.24, 2.45) is 11.7 Å². The van der Waals surface area contributed by atoms with Gasteiger partial charge in [-0.05, 0) is 26.8 Å². The van der Waals surface area contributed by atoms with Crippen LogP contribution in [0.5, 0.6) is 0 Å². The summed E-state index contributed by atoms with van der Waals surface area (Å²) in [5.41, 5.74) is 5.56. The number of rotatable bonds is 6. The number of nitrogens with zero attached hydrogens (tertiary/aromatic N) is 1. The minimum atomic E-state index is -0.227. The lowest BCUT2D eigenvalue weighted by Gasteiger charge is -2.29. The molecular formula is C11H23N3OS. The van der Waals surface area contributed by atoms with Gasteiger partial charge < -0.3 is 11.1 Å². The monoisotopic (exact) mass is 245 g/mol. The molecule has 0 fully saturated rings. The summed E-state index contributed by atoms with van der Waals surface area (Å²) >= 11 is 4.91. The molecule has 0 aliphatic carbocycles. The predicted molar refractivity (Wildman–Crippen MR) is 71.3 cm³/mol. The fourth-order valence-electron chi connectivity index (χ4n) is 1.17. The Bertz CT molecular complexity index is 256. The second-order valence-electron chi connectivity index (χ2n) is 4.56. The number of hydrogen-bond donors (Lipinski definition) is 2. The van der Waals surface area contributed by atoms with E-state index in [0.717, 1.165) is 0 Å². The average molecular weight is 245 g/mol. The molecular weight excluding hydrogens is 222 g/mol. The number of likely N-dealkylation sites (N-methyl/N-ethyl adjacent to an activating group) is 1. The van der Waals surface area contributed by atoms with Crippen LogP contribution in [0, 0.1) is 5.92 Å². The van der Waals surface area contributed by atoms with Crippen molar-refractivity contribution in [3.8, 4) is 0 Å². The normalized spacial score (nSPS) is 14.9. The number of hydrogen-bond acceptors (Lipinski definition) is 3. The lowest BCUT2D eigenvalue weighted by Crippen LogP contribution is -2.50. The van der Waals surface area contributed by atoms with Crippen LogP contribution in [0.15, 0.2) is 0 Å². The highest BCUT2D eigenvalue weighted by molar-refractivity contribution is 7.80. The highest BCUT2D eigenvalue weighted by Crippen LogP contribution is 2.03. The van der Waals surface area contributed by atoms with Gasteiger partial charge >= 0.3 is 0 Å². The van der Waals surface area contributed by atoms with Crippen LogP contribution < -0.4 is 11.1 Å². The molecule has 2 unspecified atom stereocenters. The van der Waals surface area contributed by atoms with Crippen LogP contribution in [-0.2, 0) is 4.79 Å². The van der Waals surface area contributed by atoms with Crippen molar-refractivity contribution in [2.45, 2.75) is 39.8 Å². The summed E-state index contributed by atoms with van der Waals surface area (Å²) in [5, 5.41) is 2.89. The molecule has 94 valence electrons. The van der Waals surface area contributed by atoms with Crippen LogP contribution >= 0.6 is 12.2 Å². The maximum atomic E-state index is 11.8. The third-order valence-electron chi connectivity index (χ3n) is 2.70. The first-order chi connectivity index (χ1) is 7.27. The van der Waals surface area contributed by atoms with E-state index in [2.05, 4.69) is 19.2 Å². The summed E-state index contributed by atoms with van der Waals surface area (Å²) in [4.78, 5) is 14.1. The van der Waals surface area contributed by atoms with E-state index in [-0.39, 0.29) is 18.0 Å². The molecule has 1 amide bonds. The Balaban J connectivity index is 4.26. The van der Waals surface area contributed by atoms with Gasteiger partial charge in [-0.3, -0.25) is 9.69 Å². The largest absolute Gasteiger partial charge is 0.392 e. The molecule has 3 N–H and O–H groups in total. The lowest BCUT2D eigenvalue weighted by molar-refractivity contribution is -0.125. The molecule has 0 aromatic heterocycles. The van der Waals surface area contributed by atoms with E-state index in [1.807, 2.05) is 25.8 Å². The topological polar surface area (TPSA) is 58.4 Å². The van der Waals surface area contributed by atoms with E-state index in [1.165, 1.54) is 0 Å². The molecule has 0 bridgehead atoms. The summed E-state index contributed by atoms with van der Waals surface area (Å²) in [6.45, 7) is 8.57. The predicted octanol–water partition coefficient (Wildman–Crippen LogP) is 0.754. The van der Waals surface area contributed by atoms with E-state index in [4.69, 9.17) is 18.0 Å². The Labute approximate surface area is 104 Å². The van der Waals surface area contributed by atoms with Gasteiger partial charge in [-0.2, -0.15) is 0 Å². The van der Waals surface area contributed by atoms with E-state index >= 15 is 0 Å². The number of amides is 1. The first kappa shape index (κ1) is 15.3. The number of nitrogens with one attached hydrogen (secondary N) is 1. The van der Waals surface area contributed by atoms with Crippen LogP contribution in [0.3, 0.4) is 0 Å². The second-order valence-corrected chi connectivity index (χ2v) is 5.03. The summed E-state index contributed by atoms with van der Waals surface area (Å²) in [5.74, 6) is 0.466. The van der Waals surface area contributed by atoms with Crippen molar-refractivity contribution in [3.63, 3.8) is 0 Å². The van der Waals surface area contributed by atoms with E-state index in [0.29, 0.717) is 17.5 Å². The molecule has 0 aliphatic heterocycles. The van der Waals surface area contributed by atoms with Crippen molar-refractivity contribution in [1.29, 1.82) is 0 Å². The molecule has 4 nitrogen and oxygen atoms in total. The van der Waals surface area contributed by atoms with Gasteiger partial charge in [-0.1, -0.05) is 26.1 Å². The standard InChI is InChI=1S/C11H23N3OS/c1-7(2)6-13-11(15)9(4)14(5)8(3)10(12)16/h7-9H,6H2,1-5H3,(H2,12,16)(H,13,15). The Hall–Kier alpha value is -0.680. The summed E-state index contributed by atoms with van der Waals surface area (Å²) in [6.07, 6.45) is 0. The van der Waals surface area contributed by atoms with Gasteiger partial charge in [0.25, 0.3) is 0 Å². The SMILES string of the molecule is CC(C)CNC(=O)C(C)N(C)C(C)C(N)=S. The van der Waals surface area contributed by atoms with Crippen LogP contribution in [-0.4, -0.2) is 41.5 Å². The van der Waals surface area contributed by atoms with Crippen molar-refractivity contribution in [3.05, 3.63) is 0 Å². The zero-order chi connectivity index (χ0) is 12.9. The fourth-order valence-corrected chi connectivity index (χ4v) is 1.34. The Morgan fingerprint density at radius 1 is 1.31 bits per heavy atom. The summed E-state index contributed by atoms with van der Waals surface area (Å²) in [7, 11) is 1.85. The van der Waals surface area contributed by atoms with Crippen molar-refractivity contribution >= 4 is 23.1 Å². The number of nitrogens with two attached hydrogens (primary N) is 1. The van der Waals surface area contributed by atoms with Gasteiger partial charge in [0, 0.05) is 6.54 Å². The minimum absolute atomic E-state index is 0.0132. The molecule has 0 heterocycles. The van der Waals surface area contributed by atoms with E-state index < -0.39 is 0 Å². The Morgan fingerprint density at radius 2 is 1.81 bits per heavy atom. The highest BCUT2D eigenvalue weighted by Gasteiger charge is 2.23. The van der Waals surface area contributed by atoms with Crippen molar-refractivity contribution < 1.29 is 4.79 Å². The summed E-state index contributed by atoms with van der Waals surface area (Å²) in [6, 6.07) is -0.301. The molecule has 0 aromatic carbocycles. The average Bonchev–Trinajstić information content (AvgIpc) is 2.22. The first-order valence-electron chi connectivity index (χ1n) is 5.56. The second kappa shape index (κ2) is 6.81.